The Morgan fingerprint density at radius 2 is 1.73 bits per heavy atom. The largest absolute Gasteiger partial charge is 0.388 e. The Morgan fingerprint density at radius 3 is 2.50 bits per heavy atom. The van der Waals surface area contributed by atoms with Crippen molar-refractivity contribution in [1.29, 1.82) is 0 Å². The quantitative estimate of drug-likeness (QED) is 0.875. The van der Waals surface area contributed by atoms with Crippen LogP contribution >= 0.6 is 0 Å². The molecule has 22 heavy (non-hydrogen) atoms. The molecule has 2 atom stereocenters. The molecule has 0 saturated carbocycles. The van der Waals surface area contributed by atoms with E-state index in [-0.39, 0.29) is 6.10 Å². The molecule has 3 heteroatoms. The van der Waals surface area contributed by atoms with Crippen molar-refractivity contribution in [3.63, 3.8) is 0 Å². The summed E-state index contributed by atoms with van der Waals surface area (Å²) >= 11 is 0. The highest BCUT2D eigenvalue weighted by Crippen LogP contribution is 2.27. The third-order valence-electron chi connectivity index (χ3n) is 5.33. The van der Waals surface area contributed by atoms with Gasteiger partial charge in [-0.3, -0.25) is 4.90 Å². The Bertz CT molecular complexity index is 430. The van der Waals surface area contributed by atoms with Crippen LogP contribution in [0.4, 0.5) is 0 Å². The van der Waals surface area contributed by atoms with Crippen LogP contribution in [0.15, 0.2) is 30.3 Å². The standard InChI is InChI=1S/C19H30N2O/c22-19(17-8-3-1-4-9-17)16-18-10-7-13-21(18)15-14-20-11-5-2-6-12-20/h1,3-4,8-9,18-19,22H,2,5-7,10-16H2/t18-,19+/m1/s1. The molecule has 0 spiro atoms. The summed E-state index contributed by atoms with van der Waals surface area (Å²) < 4.78 is 0. The van der Waals surface area contributed by atoms with Crippen LogP contribution in [0.25, 0.3) is 0 Å². The first kappa shape index (κ1) is 16.0. The zero-order chi connectivity index (χ0) is 15.2. The van der Waals surface area contributed by atoms with E-state index in [1.165, 1.54) is 64.8 Å². The van der Waals surface area contributed by atoms with Gasteiger partial charge in [0, 0.05) is 19.1 Å². The number of nitrogens with zero attached hydrogens (tertiary/aromatic N) is 2. The molecule has 3 rings (SSSR count). The van der Waals surface area contributed by atoms with Crippen LogP contribution < -0.4 is 0 Å². The summed E-state index contributed by atoms with van der Waals surface area (Å²) in [6.45, 7) is 6.15. The lowest BCUT2D eigenvalue weighted by Crippen LogP contribution is -2.40. The Labute approximate surface area is 134 Å². The number of aliphatic hydroxyl groups excluding tert-OH is 1. The van der Waals surface area contributed by atoms with Crippen LogP contribution in [-0.4, -0.2) is 53.7 Å². The molecule has 0 unspecified atom stereocenters. The first-order valence-corrected chi connectivity index (χ1v) is 9.02. The van der Waals surface area contributed by atoms with Crippen molar-refractivity contribution in [2.24, 2.45) is 0 Å². The normalized spacial score (nSPS) is 25.4. The second kappa shape index (κ2) is 8.09. The molecule has 2 aliphatic heterocycles. The molecule has 1 N–H and O–H groups in total. The van der Waals surface area contributed by atoms with E-state index in [1.54, 1.807) is 0 Å². The fourth-order valence-corrected chi connectivity index (χ4v) is 3.98. The van der Waals surface area contributed by atoms with Gasteiger partial charge in [0.25, 0.3) is 0 Å². The maximum Gasteiger partial charge on any atom is 0.0805 e. The van der Waals surface area contributed by atoms with Crippen molar-refractivity contribution in [3.8, 4) is 0 Å². The van der Waals surface area contributed by atoms with Gasteiger partial charge in [0.1, 0.15) is 0 Å². The van der Waals surface area contributed by atoms with Gasteiger partial charge in [-0.05, 0) is 57.3 Å². The fourth-order valence-electron chi connectivity index (χ4n) is 3.98. The van der Waals surface area contributed by atoms with Crippen molar-refractivity contribution in [2.45, 2.75) is 50.7 Å². The highest BCUT2D eigenvalue weighted by molar-refractivity contribution is 5.17. The van der Waals surface area contributed by atoms with E-state index in [0.29, 0.717) is 6.04 Å². The minimum Gasteiger partial charge on any atom is -0.388 e. The summed E-state index contributed by atoms with van der Waals surface area (Å²) in [5.74, 6) is 0. The average molecular weight is 302 g/mol. The number of hydrogen-bond donors (Lipinski definition) is 1. The van der Waals surface area contributed by atoms with Gasteiger partial charge in [-0.1, -0.05) is 36.8 Å². The second-order valence-electron chi connectivity index (χ2n) is 6.90. The fraction of sp³-hybridized carbons (Fsp3) is 0.684. The Morgan fingerprint density at radius 1 is 0.955 bits per heavy atom. The molecule has 122 valence electrons. The summed E-state index contributed by atoms with van der Waals surface area (Å²) in [5, 5.41) is 10.5. The van der Waals surface area contributed by atoms with Gasteiger partial charge in [-0.2, -0.15) is 0 Å². The summed E-state index contributed by atoms with van der Waals surface area (Å²) in [6, 6.07) is 10.7. The van der Waals surface area contributed by atoms with Crippen LogP contribution in [0.3, 0.4) is 0 Å². The third-order valence-corrected chi connectivity index (χ3v) is 5.33. The maximum atomic E-state index is 10.5. The molecule has 2 aliphatic rings. The van der Waals surface area contributed by atoms with Gasteiger partial charge in [0.05, 0.1) is 6.10 Å². The average Bonchev–Trinajstić information content (AvgIpc) is 3.02. The molecular formula is C19H30N2O. The molecule has 0 aliphatic carbocycles. The predicted molar refractivity (Wildman–Crippen MR) is 90.9 cm³/mol. The molecule has 0 amide bonds. The van der Waals surface area contributed by atoms with Crippen LogP contribution in [0.2, 0.25) is 0 Å². The van der Waals surface area contributed by atoms with E-state index in [1.807, 2.05) is 30.3 Å². The van der Waals surface area contributed by atoms with Gasteiger partial charge >= 0.3 is 0 Å². The van der Waals surface area contributed by atoms with Gasteiger partial charge in [-0.15, -0.1) is 0 Å². The molecule has 0 radical (unpaired) electrons. The van der Waals surface area contributed by atoms with Crippen molar-refractivity contribution < 1.29 is 5.11 Å². The zero-order valence-electron chi connectivity index (χ0n) is 13.7. The molecular weight excluding hydrogens is 272 g/mol. The number of rotatable bonds is 6. The van der Waals surface area contributed by atoms with Crippen molar-refractivity contribution in [1.82, 2.24) is 9.80 Å². The first-order chi connectivity index (χ1) is 10.8. The maximum absolute atomic E-state index is 10.5. The van der Waals surface area contributed by atoms with Crippen molar-refractivity contribution >= 4 is 0 Å². The smallest absolute Gasteiger partial charge is 0.0805 e. The van der Waals surface area contributed by atoms with E-state index in [9.17, 15) is 5.11 Å². The van der Waals surface area contributed by atoms with Gasteiger partial charge in [0.2, 0.25) is 0 Å². The van der Waals surface area contributed by atoms with E-state index in [0.717, 1.165) is 12.0 Å². The SMILES string of the molecule is O[C@@H](C[C@H]1CCCN1CCN1CCCCC1)c1ccccc1. The minimum absolute atomic E-state index is 0.318. The Kier molecular flexibility index (Phi) is 5.88. The monoisotopic (exact) mass is 302 g/mol. The number of hydrogen-bond acceptors (Lipinski definition) is 3. The highest BCUT2D eigenvalue weighted by atomic mass is 16.3. The van der Waals surface area contributed by atoms with Gasteiger partial charge in [0.15, 0.2) is 0 Å². The lowest BCUT2D eigenvalue weighted by atomic mass is 10.0. The van der Waals surface area contributed by atoms with Crippen LogP contribution in [0.5, 0.6) is 0 Å². The topological polar surface area (TPSA) is 26.7 Å². The highest BCUT2D eigenvalue weighted by Gasteiger charge is 2.27. The minimum atomic E-state index is -0.318. The molecule has 3 nitrogen and oxygen atoms in total. The van der Waals surface area contributed by atoms with Crippen molar-refractivity contribution in [2.75, 3.05) is 32.7 Å². The lowest BCUT2D eigenvalue weighted by molar-refractivity contribution is 0.111. The Hall–Kier alpha value is -0.900. The summed E-state index contributed by atoms with van der Waals surface area (Å²) in [6.07, 6.45) is 7.24. The number of likely N-dealkylation sites (tertiary alicyclic amines) is 2. The van der Waals surface area contributed by atoms with Crippen LogP contribution in [0, 0.1) is 0 Å². The van der Waals surface area contributed by atoms with Gasteiger partial charge < -0.3 is 10.0 Å². The van der Waals surface area contributed by atoms with Gasteiger partial charge in [-0.25, -0.2) is 0 Å². The van der Waals surface area contributed by atoms with E-state index < -0.39 is 0 Å². The van der Waals surface area contributed by atoms with E-state index >= 15 is 0 Å². The Balaban J connectivity index is 1.47. The number of benzene rings is 1. The second-order valence-corrected chi connectivity index (χ2v) is 6.90. The third kappa shape index (κ3) is 4.31. The van der Waals surface area contributed by atoms with E-state index in [4.69, 9.17) is 0 Å². The molecule has 2 saturated heterocycles. The molecule has 1 aromatic rings. The summed E-state index contributed by atoms with van der Waals surface area (Å²) in [4.78, 5) is 5.23. The molecule has 2 heterocycles. The molecule has 2 fully saturated rings. The van der Waals surface area contributed by atoms with Crippen LogP contribution in [-0.2, 0) is 0 Å². The predicted octanol–water partition coefficient (Wildman–Crippen LogP) is 3.06. The van der Waals surface area contributed by atoms with Crippen LogP contribution in [0.1, 0.15) is 50.2 Å². The summed E-state index contributed by atoms with van der Waals surface area (Å²) in [5.41, 5.74) is 1.06. The number of aliphatic hydroxyl groups is 1. The lowest BCUT2D eigenvalue weighted by Gasteiger charge is -2.31. The van der Waals surface area contributed by atoms with E-state index in [2.05, 4.69) is 9.80 Å². The molecule has 0 aromatic heterocycles. The molecule has 1 aromatic carbocycles. The van der Waals surface area contributed by atoms with Crippen molar-refractivity contribution in [3.05, 3.63) is 35.9 Å². The molecule has 0 bridgehead atoms. The summed E-state index contributed by atoms with van der Waals surface area (Å²) in [7, 11) is 0. The first-order valence-electron chi connectivity index (χ1n) is 9.02. The zero-order valence-corrected chi connectivity index (χ0v) is 13.7. The number of piperidine rings is 1.